The van der Waals surface area contributed by atoms with E-state index < -0.39 is 33.4 Å². The van der Waals surface area contributed by atoms with Crippen molar-refractivity contribution in [1.29, 1.82) is 0 Å². The van der Waals surface area contributed by atoms with Gasteiger partial charge in [0.15, 0.2) is 0 Å². The molecule has 7 nitrogen and oxygen atoms in total. The number of carbonyl (C=O) groups excluding carboxylic acids is 3. The highest BCUT2D eigenvalue weighted by molar-refractivity contribution is 8.02. The molecule has 8 heteroatoms. The SMILES string of the molecule is CCCCN1CC=C[C@]23S[C@]4(C)/C=C\CCCOC(=O)[C@@H]4[C@H]2C(=O)N([C@@H](CC)CO)C3C1=O. The van der Waals surface area contributed by atoms with E-state index in [9.17, 15) is 19.5 Å². The predicted molar refractivity (Wildman–Crippen MR) is 127 cm³/mol. The third-order valence-corrected chi connectivity index (χ3v) is 9.43. The van der Waals surface area contributed by atoms with Crippen LogP contribution in [0, 0.1) is 11.8 Å². The summed E-state index contributed by atoms with van der Waals surface area (Å²) in [5.74, 6) is -2.07. The molecule has 1 unspecified atom stereocenters. The fourth-order valence-electron chi connectivity index (χ4n) is 5.98. The number of ether oxygens (including phenoxy) is 1. The lowest BCUT2D eigenvalue weighted by molar-refractivity contribution is -0.154. The van der Waals surface area contributed by atoms with Gasteiger partial charge in [0.05, 0.1) is 35.8 Å². The van der Waals surface area contributed by atoms with Crippen LogP contribution in [0.25, 0.3) is 0 Å². The molecular weight excluding hydrogens is 440 g/mol. The van der Waals surface area contributed by atoms with Crippen LogP contribution in [0.15, 0.2) is 24.3 Å². The van der Waals surface area contributed by atoms with Gasteiger partial charge in [0.1, 0.15) is 6.04 Å². The first kappa shape index (κ1) is 24.3. The van der Waals surface area contributed by atoms with Crippen molar-refractivity contribution >= 4 is 29.5 Å². The Labute approximate surface area is 200 Å². The summed E-state index contributed by atoms with van der Waals surface area (Å²) in [4.78, 5) is 44.9. The number of aliphatic hydroxyl groups excluding tert-OH is 1. The van der Waals surface area contributed by atoms with Crippen molar-refractivity contribution in [2.75, 3.05) is 26.3 Å². The Balaban J connectivity index is 1.86. The van der Waals surface area contributed by atoms with Crippen LogP contribution in [-0.4, -0.2) is 80.6 Å². The molecule has 4 aliphatic rings. The molecule has 0 aliphatic carbocycles. The number of allylic oxidation sites excluding steroid dienone is 1. The highest BCUT2D eigenvalue weighted by Gasteiger charge is 2.74. The zero-order valence-corrected chi connectivity index (χ0v) is 20.7. The number of hydrogen-bond donors (Lipinski definition) is 1. The lowest BCUT2D eigenvalue weighted by Gasteiger charge is -2.39. The minimum atomic E-state index is -0.875. The van der Waals surface area contributed by atoms with Crippen LogP contribution in [0.5, 0.6) is 0 Å². The number of nitrogens with zero attached hydrogens (tertiary/aromatic N) is 2. The molecule has 1 spiro atoms. The van der Waals surface area contributed by atoms with E-state index in [-0.39, 0.29) is 24.4 Å². The average Bonchev–Trinajstić information content (AvgIpc) is 3.14. The first-order chi connectivity index (χ1) is 15.8. The van der Waals surface area contributed by atoms with Crippen LogP contribution in [-0.2, 0) is 19.1 Å². The molecule has 1 N–H and O–H groups in total. The number of likely N-dealkylation sites (tertiary alicyclic amines) is 1. The van der Waals surface area contributed by atoms with Crippen molar-refractivity contribution in [2.45, 2.75) is 74.5 Å². The van der Waals surface area contributed by atoms with Crippen LogP contribution in [0.3, 0.4) is 0 Å². The van der Waals surface area contributed by atoms with Crippen molar-refractivity contribution in [3.8, 4) is 0 Å². The van der Waals surface area contributed by atoms with Gasteiger partial charge in [-0.3, -0.25) is 14.4 Å². The van der Waals surface area contributed by atoms with Gasteiger partial charge in [-0.25, -0.2) is 0 Å². The number of hydrogen-bond acceptors (Lipinski definition) is 6. The van der Waals surface area contributed by atoms with Gasteiger partial charge in [-0.2, -0.15) is 0 Å². The van der Waals surface area contributed by atoms with E-state index in [4.69, 9.17) is 4.74 Å². The van der Waals surface area contributed by atoms with Gasteiger partial charge in [0, 0.05) is 17.8 Å². The smallest absolute Gasteiger partial charge is 0.311 e. The number of rotatable bonds is 6. The largest absolute Gasteiger partial charge is 0.465 e. The molecule has 0 saturated carbocycles. The molecule has 2 fully saturated rings. The van der Waals surface area contributed by atoms with Gasteiger partial charge in [-0.05, 0) is 32.6 Å². The van der Waals surface area contributed by atoms with E-state index >= 15 is 0 Å². The lowest BCUT2D eigenvalue weighted by atomic mass is 9.74. The topological polar surface area (TPSA) is 87.2 Å². The minimum Gasteiger partial charge on any atom is -0.465 e. The molecule has 0 radical (unpaired) electrons. The number of unbranched alkanes of at least 4 members (excludes halogenated alkanes) is 1. The Morgan fingerprint density at radius 3 is 2.67 bits per heavy atom. The summed E-state index contributed by atoms with van der Waals surface area (Å²) in [6.45, 7) is 7.22. The maximum Gasteiger partial charge on any atom is 0.311 e. The second-order valence-electron chi connectivity index (χ2n) is 9.74. The summed E-state index contributed by atoms with van der Waals surface area (Å²) >= 11 is 1.56. The van der Waals surface area contributed by atoms with E-state index in [0.717, 1.165) is 25.7 Å². The average molecular weight is 477 g/mol. The quantitative estimate of drug-likeness (QED) is 0.468. The van der Waals surface area contributed by atoms with Crippen LogP contribution < -0.4 is 0 Å². The standard InChI is InChI=1S/C25H36N2O5S/c1-4-6-13-26-14-10-12-25-18(21(29)27(17(5-2)16-28)20(25)22(26)30)19-23(31)32-15-9-7-8-11-24(19,3)33-25/h8,10-12,17-20,28H,4-7,9,13-16H2,1-3H3/b11-8-/t17-,18-,19-,20?,24+,25-/m0/s1. The number of aliphatic hydroxyl groups is 1. The molecule has 33 heavy (non-hydrogen) atoms. The number of thioether (sulfide) groups is 1. The van der Waals surface area contributed by atoms with Gasteiger partial charge in [0.2, 0.25) is 11.8 Å². The van der Waals surface area contributed by atoms with E-state index in [0.29, 0.717) is 26.1 Å². The van der Waals surface area contributed by atoms with Gasteiger partial charge < -0.3 is 19.6 Å². The summed E-state index contributed by atoms with van der Waals surface area (Å²) in [5.41, 5.74) is 0. The molecule has 182 valence electrons. The Morgan fingerprint density at radius 2 is 1.97 bits per heavy atom. The molecule has 4 heterocycles. The molecule has 2 saturated heterocycles. The van der Waals surface area contributed by atoms with Crippen molar-refractivity contribution in [2.24, 2.45) is 11.8 Å². The maximum absolute atomic E-state index is 14.1. The summed E-state index contributed by atoms with van der Waals surface area (Å²) in [5, 5.41) is 10.1. The molecule has 0 aromatic rings. The molecule has 0 bridgehead atoms. The normalized spacial score (nSPS) is 37.9. The van der Waals surface area contributed by atoms with E-state index in [1.54, 1.807) is 16.7 Å². The number of fused-ring (bicyclic) bond motifs is 2. The molecule has 2 amide bonds. The molecule has 0 aromatic carbocycles. The zero-order chi connectivity index (χ0) is 23.8. The van der Waals surface area contributed by atoms with Crippen LogP contribution in [0.1, 0.15) is 52.9 Å². The number of amides is 2. The van der Waals surface area contributed by atoms with Crippen molar-refractivity contribution in [3.63, 3.8) is 0 Å². The predicted octanol–water partition coefficient (Wildman–Crippen LogP) is 2.54. The van der Waals surface area contributed by atoms with E-state index in [2.05, 4.69) is 19.1 Å². The summed E-state index contributed by atoms with van der Waals surface area (Å²) in [7, 11) is 0. The summed E-state index contributed by atoms with van der Waals surface area (Å²) in [6.07, 6.45) is 12.1. The van der Waals surface area contributed by atoms with Crippen molar-refractivity contribution in [3.05, 3.63) is 24.3 Å². The third kappa shape index (κ3) is 3.83. The Hall–Kier alpha value is -1.80. The van der Waals surface area contributed by atoms with Gasteiger partial charge in [-0.15, -0.1) is 11.8 Å². The van der Waals surface area contributed by atoms with Crippen molar-refractivity contribution in [1.82, 2.24) is 9.80 Å². The van der Waals surface area contributed by atoms with Crippen molar-refractivity contribution < 1.29 is 24.2 Å². The minimum absolute atomic E-state index is 0.0869. The maximum atomic E-state index is 14.1. The van der Waals surface area contributed by atoms with Crippen LogP contribution in [0.4, 0.5) is 0 Å². The second-order valence-corrected chi connectivity index (χ2v) is 11.5. The lowest BCUT2D eigenvalue weighted by Crippen LogP contribution is -2.56. The summed E-state index contributed by atoms with van der Waals surface area (Å²) in [6, 6.07) is -1.22. The van der Waals surface area contributed by atoms with Gasteiger partial charge in [0.25, 0.3) is 0 Å². The Kier molecular flexibility index (Phi) is 6.97. The van der Waals surface area contributed by atoms with E-state index in [1.165, 1.54) is 0 Å². The Bertz CT molecular complexity index is 856. The third-order valence-electron chi connectivity index (χ3n) is 7.63. The number of cyclic esters (lactones) is 1. The molecule has 0 aromatic heterocycles. The van der Waals surface area contributed by atoms with E-state index in [1.807, 2.05) is 30.9 Å². The van der Waals surface area contributed by atoms with Gasteiger partial charge in [-0.1, -0.05) is 44.6 Å². The molecule has 4 rings (SSSR count). The first-order valence-corrected chi connectivity index (χ1v) is 13.1. The second kappa shape index (κ2) is 9.45. The van der Waals surface area contributed by atoms with Crippen LogP contribution in [0.2, 0.25) is 0 Å². The van der Waals surface area contributed by atoms with Crippen LogP contribution >= 0.6 is 11.8 Å². The molecule has 6 atom stereocenters. The fourth-order valence-corrected chi connectivity index (χ4v) is 8.12. The fraction of sp³-hybridized carbons (Fsp3) is 0.720. The van der Waals surface area contributed by atoms with Gasteiger partial charge >= 0.3 is 5.97 Å². The molecular formula is C25H36N2O5S. The highest BCUT2D eigenvalue weighted by atomic mass is 32.2. The summed E-state index contributed by atoms with van der Waals surface area (Å²) < 4.78 is 4.09. The highest BCUT2D eigenvalue weighted by Crippen LogP contribution is 2.65. The number of carbonyl (C=O) groups is 3. The first-order valence-electron chi connectivity index (χ1n) is 12.3. The molecule has 4 aliphatic heterocycles. The zero-order valence-electron chi connectivity index (χ0n) is 19.9. The Morgan fingerprint density at radius 1 is 1.18 bits per heavy atom. The number of esters is 1. The monoisotopic (exact) mass is 476 g/mol.